The van der Waals surface area contributed by atoms with E-state index in [9.17, 15) is 4.79 Å². The highest BCUT2D eigenvalue weighted by Crippen LogP contribution is 2.61. The fourth-order valence-corrected chi connectivity index (χ4v) is 7.97. The van der Waals surface area contributed by atoms with E-state index in [2.05, 4.69) is 67.4 Å². The van der Waals surface area contributed by atoms with Crippen LogP contribution in [0.4, 0.5) is 0 Å². The molecule has 5 rings (SSSR count). The number of allylic oxidation sites excluding steroid dienone is 2. The second-order valence-corrected chi connectivity index (χ2v) is 10.4. The van der Waals surface area contributed by atoms with Gasteiger partial charge in [-0.2, -0.15) is 0 Å². The summed E-state index contributed by atoms with van der Waals surface area (Å²) in [6.45, 7) is 4.56. The Morgan fingerprint density at radius 1 is 1.12 bits per heavy atom. The normalized spacial score (nSPS) is 32.6. The van der Waals surface area contributed by atoms with Gasteiger partial charge in [0.2, 0.25) is 0 Å². The minimum atomic E-state index is -0.264. The Balaban J connectivity index is 1.76. The summed E-state index contributed by atoms with van der Waals surface area (Å²) < 4.78 is -0.264. The van der Waals surface area contributed by atoms with Crippen LogP contribution in [0.5, 0.6) is 0 Å². The van der Waals surface area contributed by atoms with Crippen LogP contribution >= 0.6 is 23.5 Å². The number of hydrogen-bond donors (Lipinski definition) is 0. The quantitative estimate of drug-likeness (QED) is 0.640. The lowest BCUT2D eigenvalue weighted by atomic mass is 9.89. The monoisotopic (exact) mass is 365 g/mol. The standard InChI is InChI=1S/C21H19NOS2/c1-13-14(2)25-21(24-13)12-18-16-7-4-3-6-15(16)10-11-22(18)17-8-5-9-19(23)20(17)21/h3-8,10-14H,9H2,1-2H3. The lowest BCUT2D eigenvalue weighted by Gasteiger charge is -2.42. The van der Waals surface area contributed by atoms with E-state index in [1.807, 2.05) is 29.6 Å². The molecule has 2 unspecified atom stereocenters. The fourth-order valence-electron chi connectivity index (χ4n) is 3.99. The van der Waals surface area contributed by atoms with Crippen molar-refractivity contribution in [3.05, 3.63) is 71.1 Å². The molecular weight excluding hydrogens is 346 g/mol. The van der Waals surface area contributed by atoms with Crippen molar-refractivity contribution in [2.24, 2.45) is 0 Å². The number of fused-ring (bicyclic) bond motifs is 5. The average molecular weight is 366 g/mol. The summed E-state index contributed by atoms with van der Waals surface area (Å²) in [5.41, 5.74) is 5.73. The van der Waals surface area contributed by atoms with Gasteiger partial charge in [0.05, 0.1) is 11.4 Å². The van der Waals surface area contributed by atoms with Crippen molar-refractivity contribution in [3.8, 4) is 0 Å². The first-order valence-electron chi connectivity index (χ1n) is 8.69. The average Bonchev–Trinajstić information content (AvgIpc) is 2.89. The number of nitrogens with zero attached hydrogens (tertiary/aromatic N) is 1. The van der Waals surface area contributed by atoms with Crippen molar-refractivity contribution < 1.29 is 4.79 Å². The van der Waals surface area contributed by atoms with Gasteiger partial charge in [0.1, 0.15) is 4.08 Å². The van der Waals surface area contributed by atoms with Crippen molar-refractivity contribution >= 4 is 41.1 Å². The van der Waals surface area contributed by atoms with Crippen molar-refractivity contribution in [2.45, 2.75) is 34.8 Å². The van der Waals surface area contributed by atoms with Gasteiger partial charge < -0.3 is 4.90 Å². The molecule has 1 aliphatic carbocycles. The zero-order chi connectivity index (χ0) is 17.2. The Morgan fingerprint density at radius 2 is 1.88 bits per heavy atom. The van der Waals surface area contributed by atoms with Crippen LogP contribution < -0.4 is 0 Å². The molecule has 1 aromatic carbocycles. The van der Waals surface area contributed by atoms with Crippen LogP contribution in [0.15, 0.2) is 60.0 Å². The molecule has 0 amide bonds. The highest BCUT2D eigenvalue weighted by molar-refractivity contribution is 8.22. The second-order valence-electron chi connectivity index (χ2n) is 6.91. The molecule has 0 bridgehead atoms. The maximum Gasteiger partial charge on any atom is 0.167 e. The van der Waals surface area contributed by atoms with Crippen LogP contribution in [-0.4, -0.2) is 25.3 Å². The molecule has 126 valence electrons. The molecule has 4 aliphatic rings. The van der Waals surface area contributed by atoms with E-state index in [1.54, 1.807) is 0 Å². The van der Waals surface area contributed by atoms with E-state index < -0.39 is 0 Å². The third-order valence-corrected chi connectivity index (χ3v) is 8.99. The van der Waals surface area contributed by atoms with Gasteiger partial charge in [0, 0.05) is 34.3 Å². The maximum absolute atomic E-state index is 12.9. The Kier molecular flexibility index (Phi) is 3.38. The zero-order valence-corrected chi connectivity index (χ0v) is 15.9. The molecule has 0 saturated carbocycles. The molecular formula is C21H19NOS2. The molecule has 1 fully saturated rings. The van der Waals surface area contributed by atoms with Crippen LogP contribution in [0.3, 0.4) is 0 Å². The van der Waals surface area contributed by atoms with E-state index in [0.29, 0.717) is 16.9 Å². The summed E-state index contributed by atoms with van der Waals surface area (Å²) in [6, 6.07) is 8.51. The summed E-state index contributed by atoms with van der Waals surface area (Å²) in [7, 11) is 0. The molecule has 2 atom stereocenters. The summed E-state index contributed by atoms with van der Waals surface area (Å²) in [5, 5.41) is 1.05. The van der Waals surface area contributed by atoms with E-state index in [4.69, 9.17) is 0 Å². The highest BCUT2D eigenvalue weighted by Gasteiger charge is 2.51. The third-order valence-electron chi connectivity index (χ3n) is 5.33. The molecule has 1 saturated heterocycles. The topological polar surface area (TPSA) is 20.3 Å². The van der Waals surface area contributed by atoms with E-state index >= 15 is 0 Å². The fraction of sp³-hybridized carbons (Fsp3) is 0.286. The Bertz CT molecular complexity index is 898. The second kappa shape index (κ2) is 5.42. The lowest BCUT2D eigenvalue weighted by Crippen LogP contribution is -2.36. The summed E-state index contributed by atoms with van der Waals surface area (Å²) >= 11 is 3.88. The number of carbonyl (C=O) groups excluding carboxylic acids is 1. The van der Waals surface area contributed by atoms with Crippen molar-refractivity contribution in [1.29, 1.82) is 0 Å². The van der Waals surface area contributed by atoms with Gasteiger partial charge in [-0.05, 0) is 23.8 Å². The summed E-state index contributed by atoms with van der Waals surface area (Å²) in [5.74, 6) is 0.265. The van der Waals surface area contributed by atoms with Gasteiger partial charge in [-0.25, -0.2) is 0 Å². The van der Waals surface area contributed by atoms with Crippen molar-refractivity contribution in [2.75, 3.05) is 0 Å². The molecule has 25 heavy (non-hydrogen) atoms. The molecule has 3 heterocycles. The van der Waals surface area contributed by atoms with E-state index in [-0.39, 0.29) is 9.86 Å². The number of ketones is 1. The number of thioether (sulfide) groups is 2. The summed E-state index contributed by atoms with van der Waals surface area (Å²) in [6.07, 6.45) is 11.3. The molecule has 3 aliphatic heterocycles. The van der Waals surface area contributed by atoms with Gasteiger partial charge in [0.25, 0.3) is 0 Å². The molecule has 4 heteroatoms. The zero-order valence-electron chi connectivity index (χ0n) is 14.2. The number of Topliss-reactive ketones (excluding diaryl/α,β-unsaturated/α-hetero) is 1. The van der Waals surface area contributed by atoms with Gasteiger partial charge in [-0.3, -0.25) is 4.79 Å². The first kappa shape index (κ1) is 15.6. The number of benzene rings is 1. The molecule has 0 radical (unpaired) electrons. The maximum atomic E-state index is 12.9. The number of rotatable bonds is 0. The van der Waals surface area contributed by atoms with Crippen LogP contribution in [0.1, 0.15) is 31.4 Å². The van der Waals surface area contributed by atoms with Gasteiger partial charge in [0.15, 0.2) is 5.78 Å². The third kappa shape index (κ3) is 2.17. The smallest absolute Gasteiger partial charge is 0.167 e. The first-order chi connectivity index (χ1) is 12.1. The van der Waals surface area contributed by atoms with E-state index in [0.717, 1.165) is 11.3 Å². The Labute approximate surface area is 156 Å². The van der Waals surface area contributed by atoms with Crippen LogP contribution in [0.2, 0.25) is 0 Å². The van der Waals surface area contributed by atoms with Gasteiger partial charge >= 0.3 is 0 Å². The van der Waals surface area contributed by atoms with Gasteiger partial charge in [-0.15, -0.1) is 23.5 Å². The largest absolute Gasteiger partial charge is 0.316 e. The minimum Gasteiger partial charge on any atom is -0.316 e. The highest BCUT2D eigenvalue weighted by atomic mass is 32.2. The van der Waals surface area contributed by atoms with Crippen molar-refractivity contribution in [3.63, 3.8) is 0 Å². The van der Waals surface area contributed by atoms with Crippen LogP contribution in [-0.2, 0) is 4.79 Å². The number of hydrogen-bond acceptors (Lipinski definition) is 4. The lowest BCUT2D eigenvalue weighted by molar-refractivity contribution is -0.115. The molecule has 1 spiro atoms. The van der Waals surface area contributed by atoms with Gasteiger partial charge in [-0.1, -0.05) is 44.2 Å². The molecule has 0 N–H and O–H groups in total. The molecule has 0 aromatic heterocycles. The Hall–Kier alpha value is -1.65. The first-order valence-corrected chi connectivity index (χ1v) is 10.4. The molecule has 2 nitrogen and oxygen atoms in total. The van der Waals surface area contributed by atoms with Crippen LogP contribution in [0.25, 0.3) is 11.8 Å². The van der Waals surface area contributed by atoms with E-state index in [1.165, 1.54) is 16.8 Å². The van der Waals surface area contributed by atoms with Crippen LogP contribution in [0, 0.1) is 0 Å². The van der Waals surface area contributed by atoms with Crippen molar-refractivity contribution in [1.82, 2.24) is 4.90 Å². The Morgan fingerprint density at radius 3 is 2.68 bits per heavy atom. The predicted octanol–water partition coefficient (Wildman–Crippen LogP) is 5.06. The summed E-state index contributed by atoms with van der Waals surface area (Å²) in [4.78, 5) is 15.1. The minimum absolute atomic E-state index is 0.264. The number of carbonyl (C=O) groups is 1. The SMILES string of the molecule is CC1SC2(C=C3c4ccccc4C=CN3C3=C2C(=O)CC=C3)SC1C. The molecule has 1 aromatic rings. The predicted molar refractivity (Wildman–Crippen MR) is 108 cm³/mol.